The predicted molar refractivity (Wildman–Crippen MR) is 27.1 cm³/mol. The Hall–Kier alpha value is 0.235. The van der Waals surface area contributed by atoms with E-state index >= 15 is 0 Å². The largest absolute Gasteiger partial charge is 0.142 e. The van der Waals surface area contributed by atoms with Crippen LogP contribution in [0.1, 0.15) is 0 Å². The van der Waals surface area contributed by atoms with E-state index in [0.717, 1.165) is 8.46 Å². The first-order chi connectivity index (χ1) is 1.91. The third-order valence-corrected chi connectivity index (χ3v) is 0.612. The van der Waals surface area contributed by atoms with Crippen LogP contribution in [-0.2, 0) is 0 Å². The Morgan fingerprint density at radius 2 is 2.25 bits per heavy atom. The van der Waals surface area contributed by atoms with Crippen LogP contribution in [0.5, 0.6) is 0 Å². The van der Waals surface area contributed by atoms with Gasteiger partial charge in [0.1, 0.15) is 7.57 Å². The Morgan fingerprint density at radius 3 is 2.25 bits per heavy atom. The van der Waals surface area contributed by atoms with Gasteiger partial charge in [0.2, 0.25) is 0 Å². The molecule has 0 aliphatic heterocycles. The van der Waals surface area contributed by atoms with E-state index in [9.17, 15) is 0 Å². The molecule has 0 saturated heterocycles. The highest BCUT2D eigenvalue weighted by molar-refractivity contribution is 7.69. The Kier molecular flexibility index (Phi) is 3.42. The zero-order chi connectivity index (χ0) is 3.41. The molecule has 1 unspecified atom stereocenters. The third-order valence-electron chi connectivity index (χ3n) is 0.204. The van der Waals surface area contributed by atoms with Crippen LogP contribution in [0.4, 0.5) is 0 Å². The van der Waals surface area contributed by atoms with Crippen LogP contribution in [0, 0.1) is 0 Å². The summed E-state index contributed by atoms with van der Waals surface area (Å²) in [6, 6.07) is 0. The highest BCUT2D eigenvalue weighted by Crippen LogP contribution is 1.95. The van der Waals surface area contributed by atoms with Gasteiger partial charge in [-0.15, -0.1) is 8.46 Å². The fourth-order valence-corrected chi connectivity index (χ4v) is 0. The average molecular weight is 71.9 g/mol. The highest BCUT2D eigenvalue weighted by Gasteiger charge is 1.45. The van der Waals surface area contributed by atoms with E-state index in [1.54, 1.807) is 0 Å². The van der Waals surface area contributed by atoms with Crippen molar-refractivity contribution in [3.8, 4) is 0 Å². The Morgan fingerprint density at radius 1 is 2.00 bits per heavy atom. The van der Waals surface area contributed by atoms with Gasteiger partial charge >= 0.3 is 0 Å². The molecule has 0 aromatic heterocycles. The Bertz CT molecular complexity index is 20.0. The van der Waals surface area contributed by atoms with Crippen molar-refractivity contribution in [2.45, 2.75) is 0 Å². The molecule has 0 bridgehead atoms. The predicted octanol–water partition coefficient (Wildman–Crippen LogP) is 0.356. The monoisotopic (exact) mass is 72.0 g/mol. The normalized spacial score (nSPS) is 9.00. The molecule has 22 valence electrons. The van der Waals surface area contributed by atoms with E-state index in [-0.39, 0.29) is 0 Å². The van der Waals surface area contributed by atoms with Crippen LogP contribution in [-0.4, -0.2) is 7.57 Å². The fourth-order valence-electron chi connectivity index (χ4n) is 0. The molecule has 0 spiro atoms. The molecule has 0 aliphatic carbocycles. The molecule has 2 heteroatoms. The van der Waals surface area contributed by atoms with E-state index in [4.69, 9.17) is 0 Å². The molecule has 0 aliphatic rings. The molecule has 0 aromatic rings. The third kappa shape index (κ3) is 2.23. The molecule has 1 atom stereocenters. The van der Waals surface area contributed by atoms with Crippen LogP contribution in [0.15, 0.2) is 12.4 Å². The van der Waals surface area contributed by atoms with Crippen molar-refractivity contribution in [2.75, 3.05) is 0 Å². The molecule has 0 saturated carbocycles. The van der Waals surface area contributed by atoms with E-state index in [0.29, 0.717) is 0 Å². The zero-order valence-corrected chi connectivity index (χ0v) is 3.78. The summed E-state index contributed by atoms with van der Waals surface area (Å²) < 4.78 is 0. The summed E-state index contributed by atoms with van der Waals surface area (Å²) in [5.74, 6) is 1.90. The second kappa shape index (κ2) is 3.23. The molecule has 0 N–H and O–H groups in total. The first-order valence-corrected chi connectivity index (χ1v) is 2.77. The lowest BCUT2D eigenvalue weighted by atomic mass is 10.8. The van der Waals surface area contributed by atoms with Crippen molar-refractivity contribution in [1.82, 2.24) is 0 Å². The summed E-state index contributed by atoms with van der Waals surface area (Å²) in [4.78, 5) is 0. The lowest BCUT2D eigenvalue weighted by Crippen LogP contribution is -1.25. The lowest BCUT2D eigenvalue weighted by molar-refractivity contribution is 2.67. The van der Waals surface area contributed by atoms with Gasteiger partial charge in [-0.05, 0) is 0 Å². The van der Waals surface area contributed by atoms with Gasteiger partial charge < -0.3 is 0 Å². The first kappa shape index (κ1) is 4.23. The smallest absolute Gasteiger partial charge is 0.135 e. The Balaban J connectivity index is 2.30. The van der Waals surface area contributed by atoms with E-state index in [2.05, 4.69) is 14.1 Å². The van der Waals surface area contributed by atoms with Crippen LogP contribution < -0.4 is 0 Å². The molecule has 0 amide bonds. The SMILES string of the molecule is BPC=C. The molecule has 0 fully saturated rings. The van der Waals surface area contributed by atoms with E-state index in [1.165, 1.54) is 0 Å². The molecular weight excluding hydrogens is 65.8 g/mol. The molecule has 4 heavy (non-hydrogen) atoms. The van der Waals surface area contributed by atoms with E-state index in [1.807, 2.05) is 5.82 Å². The van der Waals surface area contributed by atoms with Crippen molar-refractivity contribution < 1.29 is 0 Å². The summed E-state index contributed by atoms with van der Waals surface area (Å²) in [5, 5.41) is 0. The summed E-state index contributed by atoms with van der Waals surface area (Å²) in [6.45, 7) is 3.49. The minimum atomic E-state index is 0.904. The van der Waals surface area contributed by atoms with Gasteiger partial charge in [0, 0.05) is 0 Å². The molecule has 0 rings (SSSR count). The lowest BCUT2D eigenvalue weighted by Gasteiger charge is -1.58. The van der Waals surface area contributed by atoms with Gasteiger partial charge in [-0.25, -0.2) is 0 Å². The van der Waals surface area contributed by atoms with Crippen molar-refractivity contribution in [3.05, 3.63) is 12.4 Å². The topological polar surface area (TPSA) is 0 Å². The summed E-state index contributed by atoms with van der Waals surface area (Å²) in [6.07, 6.45) is 0. The highest BCUT2D eigenvalue weighted by atomic mass is 31.1. The molecule has 0 nitrogen and oxygen atoms in total. The van der Waals surface area contributed by atoms with E-state index < -0.39 is 0 Å². The maximum Gasteiger partial charge on any atom is 0.135 e. The molecular formula is C2H6BP. The number of rotatable bonds is 1. The minimum Gasteiger partial charge on any atom is -0.142 e. The van der Waals surface area contributed by atoms with Crippen LogP contribution in [0.2, 0.25) is 0 Å². The summed E-state index contributed by atoms with van der Waals surface area (Å²) >= 11 is 0. The number of hydrogen-bond donors (Lipinski definition) is 0. The zero-order valence-electron chi connectivity index (χ0n) is 2.78. The van der Waals surface area contributed by atoms with Crippen molar-refractivity contribution in [2.24, 2.45) is 0 Å². The standard InChI is InChI=1S/C2H6BP/c1-2-4-3/h2,4H,1,3H2. The second-order valence-electron chi connectivity index (χ2n) is 0.493. The number of hydrogen-bond acceptors (Lipinski definition) is 0. The quantitative estimate of drug-likeness (QED) is 0.309. The Labute approximate surface area is 29.4 Å². The maximum absolute atomic E-state index is 3.49. The van der Waals surface area contributed by atoms with Gasteiger partial charge in [0.15, 0.2) is 0 Å². The van der Waals surface area contributed by atoms with Gasteiger partial charge in [0.25, 0.3) is 0 Å². The second-order valence-corrected chi connectivity index (χ2v) is 1.48. The average Bonchev–Trinajstić information content (AvgIpc) is 1.37. The van der Waals surface area contributed by atoms with Crippen molar-refractivity contribution in [3.63, 3.8) is 0 Å². The minimum absolute atomic E-state index is 0.904. The van der Waals surface area contributed by atoms with Gasteiger partial charge in [-0.3, -0.25) is 0 Å². The molecule has 0 radical (unpaired) electrons. The molecule has 0 heterocycles. The summed E-state index contributed by atoms with van der Waals surface area (Å²) in [5.41, 5.74) is 0. The van der Waals surface area contributed by atoms with Crippen molar-refractivity contribution in [1.29, 1.82) is 0 Å². The fraction of sp³-hybridized carbons (Fsp3) is 0. The van der Waals surface area contributed by atoms with Gasteiger partial charge in [-0.2, -0.15) is 0 Å². The summed E-state index contributed by atoms with van der Waals surface area (Å²) in [7, 11) is 2.99. The maximum atomic E-state index is 3.49. The van der Waals surface area contributed by atoms with Crippen LogP contribution >= 0.6 is 8.46 Å². The van der Waals surface area contributed by atoms with Crippen LogP contribution in [0.3, 0.4) is 0 Å². The van der Waals surface area contributed by atoms with Gasteiger partial charge in [0.05, 0.1) is 0 Å². The van der Waals surface area contributed by atoms with Gasteiger partial charge in [-0.1, -0.05) is 12.4 Å². The van der Waals surface area contributed by atoms with Crippen LogP contribution in [0.25, 0.3) is 0 Å². The first-order valence-electron chi connectivity index (χ1n) is 1.20. The van der Waals surface area contributed by atoms with Crippen molar-refractivity contribution >= 4 is 16.0 Å². The molecule has 0 aromatic carbocycles.